The Kier molecular flexibility index (Phi) is 5.03. The predicted octanol–water partition coefficient (Wildman–Crippen LogP) is 4.90. The topological polar surface area (TPSA) is 61.6 Å². The quantitative estimate of drug-likeness (QED) is 0.425. The van der Waals surface area contributed by atoms with Crippen LogP contribution in [0.5, 0.6) is 17.2 Å². The Balaban J connectivity index is 2.36. The SMILES string of the molecule is COc1ccc(Oc2ccc(Br)cc2CCl)cc1[N+](=O)[O-]. The molecule has 2 rings (SSSR count). The summed E-state index contributed by atoms with van der Waals surface area (Å²) in [4.78, 5) is 10.5. The summed E-state index contributed by atoms with van der Waals surface area (Å²) >= 11 is 9.22. The first-order chi connectivity index (χ1) is 10.0. The van der Waals surface area contributed by atoms with Gasteiger partial charge in [0.2, 0.25) is 0 Å². The first kappa shape index (κ1) is 15.6. The van der Waals surface area contributed by atoms with Gasteiger partial charge in [-0.25, -0.2) is 0 Å². The third-order valence-corrected chi connectivity index (χ3v) is 3.52. The van der Waals surface area contributed by atoms with E-state index in [0.29, 0.717) is 11.5 Å². The molecule has 0 aliphatic heterocycles. The molecule has 2 aromatic carbocycles. The van der Waals surface area contributed by atoms with E-state index in [-0.39, 0.29) is 17.3 Å². The van der Waals surface area contributed by atoms with E-state index < -0.39 is 4.92 Å². The van der Waals surface area contributed by atoms with E-state index in [4.69, 9.17) is 21.1 Å². The zero-order chi connectivity index (χ0) is 15.4. The zero-order valence-corrected chi connectivity index (χ0v) is 13.3. The van der Waals surface area contributed by atoms with Gasteiger partial charge in [0.15, 0.2) is 5.75 Å². The molecule has 0 saturated heterocycles. The van der Waals surface area contributed by atoms with E-state index >= 15 is 0 Å². The number of hydrogen-bond acceptors (Lipinski definition) is 4. The molecule has 21 heavy (non-hydrogen) atoms. The summed E-state index contributed by atoms with van der Waals surface area (Å²) < 4.78 is 11.5. The van der Waals surface area contributed by atoms with Crippen LogP contribution in [0.15, 0.2) is 40.9 Å². The third kappa shape index (κ3) is 3.65. The number of nitro groups is 1. The second-order valence-corrected chi connectivity index (χ2v) is 5.26. The van der Waals surface area contributed by atoms with Crippen LogP contribution in [0.3, 0.4) is 0 Å². The molecule has 0 spiro atoms. The first-order valence-corrected chi connectivity index (χ1v) is 7.22. The molecule has 0 aromatic heterocycles. The second-order valence-electron chi connectivity index (χ2n) is 4.08. The Labute approximate surface area is 134 Å². The molecule has 0 aliphatic carbocycles. The van der Waals surface area contributed by atoms with Crippen molar-refractivity contribution in [1.82, 2.24) is 0 Å². The highest BCUT2D eigenvalue weighted by Gasteiger charge is 2.16. The standard InChI is InChI=1S/C14H11BrClNO4/c1-20-14-5-3-11(7-12(14)17(18)19)21-13-4-2-10(15)6-9(13)8-16/h2-7H,8H2,1H3. The lowest BCUT2D eigenvalue weighted by Crippen LogP contribution is -1.95. The van der Waals surface area contributed by atoms with Crippen molar-refractivity contribution in [3.8, 4) is 17.2 Å². The van der Waals surface area contributed by atoms with Gasteiger partial charge in [-0.3, -0.25) is 10.1 Å². The van der Waals surface area contributed by atoms with E-state index in [1.807, 2.05) is 12.1 Å². The van der Waals surface area contributed by atoms with Crippen molar-refractivity contribution in [3.05, 3.63) is 56.5 Å². The minimum atomic E-state index is -0.518. The number of nitrogens with zero attached hydrogens (tertiary/aromatic N) is 1. The van der Waals surface area contributed by atoms with Crippen molar-refractivity contribution in [3.63, 3.8) is 0 Å². The van der Waals surface area contributed by atoms with Gasteiger partial charge in [-0.05, 0) is 30.3 Å². The van der Waals surface area contributed by atoms with Crippen molar-refractivity contribution >= 4 is 33.2 Å². The Bertz CT molecular complexity index is 678. The third-order valence-electron chi connectivity index (χ3n) is 2.74. The van der Waals surface area contributed by atoms with Crippen molar-refractivity contribution < 1.29 is 14.4 Å². The molecule has 0 saturated carbocycles. The van der Waals surface area contributed by atoms with Crippen molar-refractivity contribution in [2.45, 2.75) is 5.88 Å². The molecule has 0 aliphatic rings. The minimum absolute atomic E-state index is 0.153. The highest BCUT2D eigenvalue weighted by molar-refractivity contribution is 9.10. The highest BCUT2D eigenvalue weighted by atomic mass is 79.9. The number of rotatable bonds is 5. The van der Waals surface area contributed by atoms with Crippen LogP contribution in [0.25, 0.3) is 0 Å². The van der Waals surface area contributed by atoms with E-state index in [9.17, 15) is 10.1 Å². The molecule has 0 heterocycles. The van der Waals surface area contributed by atoms with Gasteiger partial charge >= 0.3 is 5.69 Å². The van der Waals surface area contributed by atoms with Gasteiger partial charge in [0.1, 0.15) is 11.5 Å². The molecule has 0 unspecified atom stereocenters. The smallest absolute Gasteiger partial charge is 0.314 e. The summed E-state index contributed by atoms with van der Waals surface area (Å²) in [7, 11) is 1.38. The van der Waals surface area contributed by atoms with Crippen molar-refractivity contribution in [2.75, 3.05) is 7.11 Å². The summed E-state index contributed by atoms with van der Waals surface area (Å²) in [5.74, 6) is 1.34. The van der Waals surface area contributed by atoms with E-state index in [1.54, 1.807) is 12.1 Å². The molecular weight excluding hydrogens is 362 g/mol. The maximum absolute atomic E-state index is 11.0. The fraction of sp³-hybridized carbons (Fsp3) is 0.143. The summed E-state index contributed by atoms with van der Waals surface area (Å²) in [5.41, 5.74) is 0.629. The summed E-state index contributed by atoms with van der Waals surface area (Å²) in [6.45, 7) is 0. The van der Waals surface area contributed by atoms with Crippen LogP contribution in [0.2, 0.25) is 0 Å². The number of benzene rings is 2. The number of methoxy groups -OCH3 is 1. The number of nitro benzene ring substituents is 1. The molecule has 0 N–H and O–H groups in total. The van der Waals surface area contributed by atoms with Gasteiger partial charge < -0.3 is 9.47 Å². The number of hydrogen-bond donors (Lipinski definition) is 0. The van der Waals surface area contributed by atoms with Gasteiger partial charge in [0.25, 0.3) is 0 Å². The van der Waals surface area contributed by atoms with Crippen molar-refractivity contribution in [2.24, 2.45) is 0 Å². The van der Waals surface area contributed by atoms with E-state index in [1.165, 1.54) is 19.2 Å². The largest absolute Gasteiger partial charge is 0.490 e. The van der Waals surface area contributed by atoms with E-state index in [2.05, 4.69) is 15.9 Å². The fourth-order valence-electron chi connectivity index (χ4n) is 1.75. The Morgan fingerprint density at radius 3 is 2.57 bits per heavy atom. The minimum Gasteiger partial charge on any atom is -0.490 e. The van der Waals surface area contributed by atoms with Crippen LogP contribution in [-0.4, -0.2) is 12.0 Å². The van der Waals surface area contributed by atoms with Gasteiger partial charge in [-0.2, -0.15) is 0 Å². The molecule has 0 fully saturated rings. The van der Waals surface area contributed by atoms with Crippen molar-refractivity contribution in [1.29, 1.82) is 0 Å². The molecule has 7 heteroatoms. The van der Waals surface area contributed by atoms with Gasteiger partial charge in [0, 0.05) is 10.0 Å². The summed E-state index contributed by atoms with van der Waals surface area (Å²) in [5, 5.41) is 11.0. The average molecular weight is 373 g/mol. The predicted molar refractivity (Wildman–Crippen MR) is 83.4 cm³/mol. The van der Waals surface area contributed by atoms with Crippen LogP contribution in [0, 0.1) is 10.1 Å². The molecule has 2 aromatic rings. The van der Waals surface area contributed by atoms with Crippen LogP contribution < -0.4 is 9.47 Å². The molecule has 0 atom stereocenters. The molecular formula is C14H11BrClNO4. The lowest BCUT2D eigenvalue weighted by Gasteiger charge is -2.10. The number of ether oxygens (including phenoxy) is 2. The molecule has 5 nitrogen and oxygen atoms in total. The maximum atomic E-state index is 11.0. The molecule has 0 radical (unpaired) electrons. The fourth-order valence-corrected chi connectivity index (χ4v) is 2.37. The average Bonchev–Trinajstić information content (AvgIpc) is 2.48. The highest BCUT2D eigenvalue weighted by Crippen LogP contribution is 2.34. The van der Waals surface area contributed by atoms with Gasteiger partial charge in [-0.15, -0.1) is 11.6 Å². The maximum Gasteiger partial charge on any atom is 0.314 e. The summed E-state index contributed by atoms with van der Waals surface area (Å²) in [6, 6.07) is 9.80. The van der Waals surface area contributed by atoms with Crippen LogP contribution >= 0.6 is 27.5 Å². The Morgan fingerprint density at radius 2 is 1.95 bits per heavy atom. The first-order valence-electron chi connectivity index (χ1n) is 5.90. The van der Waals surface area contributed by atoms with Crippen LogP contribution in [-0.2, 0) is 5.88 Å². The molecule has 0 bridgehead atoms. The molecule has 110 valence electrons. The van der Waals surface area contributed by atoms with Crippen LogP contribution in [0.4, 0.5) is 5.69 Å². The molecule has 0 amide bonds. The van der Waals surface area contributed by atoms with E-state index in [0.717, 1.165) is 10.0 Å². The zero-order valence-electron chi connectivity index (χ0n) is 11.0. The Hall–Kier alpha value is -1.79. The lowest BCUT2D eigenvalue weighted by atomic mass is 10.2. The van der Waals surface area contributed by atoms with Gasteiger partial charge in [-0.1, -0.05) is 15.9 Å². The number of alkyl halides is 1. The number of halogens is 2. The van der Waals surface area contributed by atoms with Gasteiger partial charge in [0.05, 0.1) is 24.0 Å². The summed E-state index contributed by atoms with van der Waals surface area (Å²) in [6.07, 6.45) is 0. The monoisotopic (exact) mass is 371 g/mol. The second kappa shape index (κ2) is 6.78. The normalized spacial score (nSPS) is 10.2. The Morgan fingerprint density at radius 1 is 1.24 bits per heavy atom. The lowest BCUT2D eigenvalue weighted by molar-refractivity contribution is -0.385. The van der Waals surface area contributed by atoms with Crippen LogP contribution in [0.1, 0.15) is 5.56 Å².